The first-order valence-corrected chi connectivity index (χ1v) is 8.36. The number of amides is 3. The molecule has 3 heterocycles. The molecule has 7 heteroatoms. The molecular weight excluding hydrogens is 308 g/mol. The van der Waals surface area contributed by atoms with E-state index in [1.165, 1.54) is 9.80 Å². The molecule has 1 saturated carbocycles. The molecule has 1 aliphatic carbocycles. The third-order valence-corrected chi connectivity index (χ3v) is 4.61. The first-order valence-electron chi connectivity index (χ1n) is 8.36. The van der Waals surface area contributed by atoms with Crippen LogP contribution >= 0.6 is 0 Å². The number of rotatable bonds is 5. The number of aromatic nitrogens is 2. The van der Waals surface area contributed by atoms with Gasteiger partial charge < -0.3 is 9.51 Å². The van der Waals surface area contributed by atoms with E-state index in [2.05, 4.69) is 4.98 Å². The number of imide groups is 1. The van der Waals surface area contributed by atoms with Gasteiger partial charge in [-0.25, -0.2) is 9.78 Å². The van der Waals surface area contributed by atoms with Crippen molar-refractivity contribution in [3.8, 4) is 0 Å². The van der Waals surface area contributed by atoms with Crippen LogP contribution in [0.15, 0.2) is 18.5 Å². The highest BCUT2D eigenvalue weighted by atomic mass is 16.3. The summed E-state index contributed by atoms with van der Waals surface area (Å²) >= 11 is 0. The number of aliphatic hydroxyl groups is 1. The molecular formula is C17H20N4O3. The van der Waals surface area contributed by atoms with Gasteiger partial charge in [0.25, 0.3) is 5.91 Å². The number of nitrogens with zero attached hydrogens (tertiary/aromatic N) is 4. The topological polar surface area (TPSA) is 78.2 Å². The molecule has 2 aromatic heterocycles. The Morgan fingerprint density at radius 3 is 2.75 bits per heavy atom. The van der Waals surface area contributed by atoms with Crippen LogP contribution < -0.4 is 4.90 Å². The summed E-state index contributed by atoms with van der Waals surface area (Å²) < 4.78 is 1.86. The van der Waals surface area contributed by atoms with Gasteiger partial charge in [-0.15, -0.1) is 0 Å². The molecule has 2 aliphatic rings. The van der Waals surface area contributed by atoms with Crippen molar-refractivity contribution in [2.45, 2.75) is 38.7 Å². The molecule has 1 N–H and O–H groups in total. The van der Waals surface area contributed by atoms with E-state index < -0.39 is 0 Å². The van der Waals surface area contributed by atoms with Gasteiger partial charge >= 0.3 is 6.03 Å². The second-order valence-electron chi connectivity index (χ2n) is 6.47. The summed E-state index contributed by atoms with van der Waals surface area (Å²) in [5.41, 5.74) is 2.94. The van der Waals surface area contributed by atoms with Gasteiger partial charge in [0.1, 0.15) is 6.54 Å². The van der Waals surface area contributed by atoms with E-state index in [-0.39, 0.29) is 25.1 Å². The van der Waals surface area contributed by atoms with Crippen LogP contribution in [0.1, 0.15) is 43.4 Å². The normalized spacial score (nSPS) is 18.2. The smallest absolute Gasteiger partial charge is 0.331 e. The molecule has 0 aromatic carbocycles. The lowest BCUT2D eigenvalue weighted by atomic mass is 10.1. The summed E-state index contributed by atoms with van der Waals surface area (Å²) in [6.07, 6.45) is 6.80. The number of carbonyl (C=O) groups excluding carboxylic acids is 2. The summed E-state index contributed by atoms with van der Waals surface area (Å²) in [5.74, 6) is 0.332. The van der Waals surface area contributed by atoms with E-state index in [1.807, 2.05) is 23.6 Å². The lowest BCUT2D eigenvalue weighted by Crippen LogP contribution is -2.33. The lowest BCUT2D eigenvalue weighted by molar-refractivity contribution is -0.124. The first-order chi connectivity index (χ1) is 11.6. The largest absolute Gasteiger partial charge is 0.390 e. The Morgan fingerprint density at radius 2 is 2.08 bits per heavy atom. The van der Waals surface area contributed by atoms with Crippen LogP contribution in [0.5, 0.6) is 0 Å². The van der Waals surface area contributed by atoms with Crippen molar-refractivity contribution >= 4 is 23.3 Å². The number of anilines is 1. The number of hydrogen-bond acceptors (Lipinski definition) is 4. The van der Waals surface area contributed by atoms with Crippen LogP contribution in [0.3, 0.4) is 0 Å². The van der Waals surface area contributed by atoms with E-state index in [0.717, 1.165) is 24.8 Å². The Labute approximate surface area is 139 Å². The Hall–Kier alpha value is -2.41. The van der Waals surface area contributed by atoms with Crippen molar-refractivity contribution in [3.05, 3.63) is 29.7 Å². The molecule has 7 nitrogen and oxygen atoms in total. The number of fused-ring (bicyclic) bond motifs is 1. The summed E-state index contributed by atoms with van der Waals surface area (Å²) in [4.78, 5) is 32.1. The van der Waals surface area contributed by atoms with Crippen LogP contribution in [0.4, 0.5) is 10.5 Å². The Bertz CT molecular complexity index is 825. The molecule has 3 amide bonds. The molecule has 2 fully saturated rings. The van der Waals surface area contributed by atoms with E-state index in [9.17, 15) is 14.7 Å². The molecule has 24 heavy (non-hydrogen) atoms. The minimum absolute atomic E-state index is 0.0456. The minimum Gasteiger partial charge on any atom is -0.390 e. The average molecular weight is 328 g/mol. The highest BCUT2D eigenvalue weighted by molar-refractivity contribution is 6.13. The fourth-order valence-corrected chi connectivity index (χ4v) is 3.24. The molecule has 2 aromatic rings. The van der Waals surface area contributed by atoms with Crippen LogP contribution in [0.25, 0.3) is 5.65 Å². The third-order valence-electron chi connectivity index (χ3n) is 4.61. The predicted molar refractivity (Wildman–Crippen MR) is 87.8 cm³/mol. The second-order valence-corrected chi connectivity index (χ2v) is 6.47. The number of carbonyl (C=O) groups is 2. The zero-order valence-electron chi connectivity index (χ0n) is 13.6. The summed E-state index contributed by atoms with van der Waals surface area (Å²) in [6.45, 7) is 2.26. The maximum atomic E-state index is 12.7. The van der Waals surface area contributed by atoms with Gasteiger partial charge in [-0.2, -0.15) is 0 Å². The predicted octanol–water partition coefficient (Wildman–Crippen LogP) is 1.88. The SMILES string of the molecule is CCCN1C(=O)CN(c2cc(C3CC3)cn3cc(CO)nc23)C1=O. The van der Waals surface area contributed by atoms with Crippen molar-refractivity contribution in [3.63, 3.8) is 0 Å². The van der Waals surface area contributed by atoms with Crippen LogP contribution in [0, 0.1) is 0 Å². The molecule has 0 spiro atoms. The van der Waals surface area contributed by atoms with Crippen molar-refractivity contribution in [1.29, 1.82) is 0 Å². The fourth-order valence-electron chi connectivity index (χ4n) is 3.24. The molecule has 0 bridgehead atoms. The van der Waals surface area contributed by atoms with Crippen LogP contribution in [-0.2, 0) is 11.4 Å². The van der Waals surface area contributed by atoms with Crippen molar-refractivity contribution < 1.29 is 14.7 Å². The van der Waals surface area contributed by atoms with Gasteiger partial charge in [0.2, 0.25) is 0 Å². The number of pyridine rings is 1. The quantitative estimate of drug-likeness (QED) is 0.850. The number of urea groups is 1. The highest BCUT2D eigenvalue weighted by Gasteiger charge is 2.38. The minimum atomic E-state index is -0.287. The van der Waals surface area contributed by atoms with E-state index in [0.29, 0.717) is 29.5 Å². The van der Waals surface area contributed by atoms with Gasteiger partial charge in [-0.3, -0.25) is 14.6 Å². The molecule has 126 valence electrons. The Morgan fingerprint density at radius 1 is 1.29 bits per heavy atom. The van der Waals surface area contributed by atoms with Gasteiger partial charge in [0.05, 0.1) is 18.0 Å². The second kappa shape index (κ2) is 5.59. The fraction of sp³-hybridized carbons (Fsp3) is 0.471. The summed E-state index contributed by atoms with van der Waals surface area (Å²) in [7, 11) is 0. The number of aliphatic hydroxyl groups excluding tert-OH is 1. The lowest BCUT2D eigenvalue weighted by Gasteiger charge is -2.18. The Kier molecular flexibility index (Phi) is 3.53. The summed E-state index contributed by atoms with van der Waals surface area (Å²) in [6, 6.07) is 1.69. The zero-order chi connectivity index (χ0) is 16.8. The maximum Gasteiger partial charge on any atom is 0.331 e. The van der Waals surface area contributed by atoms with Crippen LogP contribution in [-0.4, -0.2) is 44.4 Å². The van der Waals surface area contributed by atoms with Crippen molar-refractivity contribution in [2.24, 2.45) is 0 Å². The first kappa shape index (κ1) is 15.1. The average Bonchev–Trinajstić information content (AvgIpc) is 3.28. The van der Waals surface area contributed by atoms with E-state index in [4.69, 9.17) is 0 Å². The molecule has 1 aliphatic heterocycles. The van der Waals surface area contributed by atoms with E-state index >= 15 is 0 Å². The van der Waals surface area contributed by atoms with Crippen LogP contribution in [0.2, 0.25) is 0 Å². The zero-order valence-corrected chi connectivity index (χ0v) is 13.6. The summed E-state index contributed by atoms with van der Waals surface area (Å²) in [5, 5.41) is 9.37. The number of imidazole rings is 1. The standard InChI is InChI=1S/C17H20N4O3/c1-2-5-20-15(23)9-21(17(20)24)14-6-12(11-3-4-11)7-19-8-13(10-22)18-16(14)19/h6-8,11,22H,2-5,9-10H2,1H3. The molecule has 0 radical (unpaired) electrons. The third kappa shape index (κ3) is 2.36. The Balaban J connectivity index is 1.81. The van der Waals surface area contributed by atoms with E-state index in [1.54, 1.807) is 6.20 Å². The molecule has 4 rings (SSSR count). The van der Waals surface area contributed by atoms with Gasteiger partial charge in [0, 0.05) is 18.9 Å². The monoisotopic (exact) mass is 328 g/mol. The highest BCUT2D eigenvalue weighted by Crippen LogP contribution is 2.42. The van der Waals surface area contributed by atoms with Gasteiger partial charge in [-0.05, 0) is 36.8 Å². The molecule has 1 saturated heterocycles. The van der Waals surface area contributed by atoms with Crippen molar-refractivity contribution in [1.82, 2.24) is 14.3 Å². The van der Waals surface area contributed by atoms with Gasteiger partial charge in [-0.1, -0.05) is 6.92 Å². The molecule has 0 unspecified atom stereocenters. The molecule has 0 atom stereocenters. The maximum absolute atomic E-state index is 12.7. The van der Waals surface area contributed by atoms with Gasteiger partial charge in [0.15, 0.2) is 5.65 Å². The van der Waals surface area contributed by atoms with Crippen molar-refractivity contribution in [2.75, 3.05) is 18.0 Å². The number of hydrogen-bond donors (Lipinski definition) is 1.